The highest BCUT2D eigenvalue weighted by molar-refractivity contribution is 5.97. The number of halogens is 2. The monoisotopic (exact) mass is 449 g/mol. The number of nitrogens with two attached hydrogens (primary N) is 1. The number of rotatable bonds is 8. The summed E-state index contributed by atoms with van der Waals surface area (Å²) in [4.78, 5) is 28.4. The largest absolute Gasteiger partial charge is 0.493 e. The first-order valence-corrected chi connectivity index (χ1v) is 9.94. The molecule has 3 rings (SSSR count). The molecule has 0 saturated carbocycles. The molecule has 1 saturated heterocycles. The zero-order valence-corrected chi connectivity index (χ0v) is 18.0. The second-order valence-electron chi connectivity index (χ2n) is 7.81. The fourth-order valence-electron chi connectivity index (χ4n) is 3.90. The van der Waals surface area contributed by atoms with Gasteiger partial charge >= 0.3 is 0 Å². The third-order valence-electron chi connectivity index (χ3n) is 5.49. The lowest BCUT2D eigenvalue weighted by molar-refractivity contribution is -0.132. The van der Waals surface area contributed by atoms with Gasteiger partial charge in [0.25, 0.3) is 11.8 Å². The Morgan fingerprint density at radius 2 is 2.06 bits per heavy atom. The SMILES string of the molecule is COCC[C@@]1(C)C[C@H](c2ccc(F)c(F)c2OC)[C@@H](C(=O)Nc2ccnc(C(N)=O)c2)O1. The third kappa shape index (κ3) is 4.86. The van der Waals surface area contributed by atoms with E-state index in [1.807, 2.05) is 6.92 Å². The molecule has 0 spiro atoms. The van der Waals surface area contributed by atoms with E-state index in [0.717, 1.165) is 6.07 Å². The van der Waals surface area contributed by atoms with Gasteiger partial charge in [0.15, 0.2) is 11.6 Å². The summed E-state index contributed by atoms with van der Waals surface area (Å²) < 4.78 is 44.6. The normalized spacial score (nSPS) is 22.5. The van der Waals surface area contributed by atoms with E-state index in [0.29, 0.717) is 30.7 Å². The van der Waals surface area contributed by atoms with Gasteiger partial charge in [0.05, 0.1) is 12.7 Å². The highest BCUT2D eigenvalue weighted by Gasteiger charge is 2.48. The lowest BCUT2D eigenvalue weighted by Gasteiger charge is -2.24. The number of primary amides is 1. The van der Waals surface area contributed by atoms with E-state index < -0.39 is 41.1 Å². The van der Waals surface area contributed by atoms with Crippen LogP contribution in [0.5, 0.6) is 5.75 Å². The Morgan fingerprint density at radius 3 is 2.72 bits per heavy atom. The van der Waals surface area contributed by atoms with Crippen LogP contribution in [-0.2, 0) is 14.3 Å². The van der Waals surface area contributed by atoms with Crippen molar-refractivity contribution in [1.82, 2.24) is 4.98 Å². The van der Waals surface area contributed by atoms with Crippen LogP contribution >= 0.6 is 0 Å². The number of benzene rings is 1. The van der Waals surface area contributed by atoms with Crippen LogP contribution in [0.4, 0.5) is 14.5 Å². The van der Waals surface area contributed by atoms with Gasteiger partial charge in [-0.25, -0.2) is 4.39 Å². The molecule has 32 heavy (non-hydrogen) atoms. The van der Waals surface area contributed by atoms with Crippen molar-refractivity contribution < 1.29 is 32.6 Å². The number of nitrogens with zero attached hydrogens (tertiary/aromatic N) is 1. The predicted octanol–water partition coefficient (Wildman–Crippen LogP) is 2.77. The minimum atomic E-state index is -1.13. The highest BCUT2D eigenvalue weighted by atomic mass is 19.2. The van der Waals surface area contributed by atoms with Gasteiger partial charge in [-0.1, -0.05) is 6.07 Å². The molecule has 1 fully saturated rings. The molecular weight excluding hydrogens is 424 g/mol. The van der Waals surface area contributed by atoms with Crippen LogP contribution in [0, 0.1) is 11.6 Å². The molecule has 0 bridgehead atoms. The van der Waals surface area contributed by atoms with E-state index in [-0.39, 0.29) is 11.4 Å². The Labute approximate surface area is 184 Å². The van der Waals surface area contributed by atoms with Crippen molar-refractivity contribution in [3.8, 4) is 5.75 Å². The molecular formula is C22H25F2N3O5. The number of ether oxygens (including phenoxy) is 3. The van der Waals surface area contributed by atoms with Crippen molar-refractivity contribution in [2.75, 3.05) is 26.1 Å². The molecule has 2 amide bonds. The van der Waals surface area contributed by atoms with Gasteiger partial charge in [0, 0.05) is 37.1 Å². The van der Waals surface area contributed by atoms with Crippen molar-refractivity contribution in [3.05, 3.63) is 53.4 Å². The lowest BCUT2D eigenvalue weighted by Crippen LogP contribution is -2.34. The first-order valence-electron chi connectivity index (χ1n) is 9.94. The molecule has 172 valence electrons. The maximum absolute atomic E-state index is 14.4. The maximum atomic E-state index is 14.4. The molecule has 1 aromatic heterocycles. The molecule has 1 aliphatic heterocycles. The Bertz CT molecular complexity index is 1020. The summed E-state index contributed by atoms with van der Waals surface area (Å²) in [5.74, 6) is -4.34. The van der Waals surface area contributed by atoms with Crippen LogP contribution in [-0.4, -0.2) is 49.3 Å². The standard InChI is InChI=1S/C22H25F2N3O5/c1-22(7-9-30-2)11-14(13-4-5-15(23)17(24)18(13)31-3)19(32-22)21(29)27-12-6-8-26-16(10-12)20(25)28/h4-6,8,10,14,19H,7,9,11H2,1-3H3,(H2,25,28)(H,26,27,29)/t14-,19+,22+/m1/s1. The fraction of sp³-hybridized carbons (Fsp3) is 0.409. The quantitative estimate of drug-likeness (QED) is 0.641. The van der Waals surface area contributed by atoms with Gasteiger partial charge in [-0.05, 0) is 38.0 Å². The first kappa shape index (κ1) is 23.6. The predicted molar refractivity (Wildman–Crippen MR) is 111 cm³/mol. The number of methoxy groups -OCH3 is 2. The van der Waals surface area contributed by atoms with Crippen LogP contribution in [0.25, 0.3) is 0 Å². The molecule has 3 N–H and O–H groups in total. The average Bonchev–Trinajstić information content (AvgIpc) is 3.12. The summed E-state index contributed by atoms with van der Waals surface area (Å²) in [7, 11) is 2.79. The van der Waals surface area contributed by atoms with Gasteiger partial charge in [-0.3, -0.25) is 14.6 Å². The fourth-order valence-corrected chi connectivity index (χ4v) is 3.90. The summed E-state index contributed by atoms with van der Waals surface area (Å²) in [6.45, 7) is 2.22. The van der Waals surface area contributed by atoms with Crippen LogP contribution in [0.2, 0.25) is 0 Å². The second kappa shape index (κ2) is 9.58. The van der Waals surface area contributed by atoms with Crippen molar-refractivity contribution in [1.29, 1.82) is 0 Å². The molecule has 2 heterocycles. The molecule has 0 radical (unpaired) electrons. The summed E-state index contributed by atoms with van der Waals surface area (Å²) >= 11 is 0. The van der Waals surface area contributed by atoms with E-state index in [2.05, 4.69) is 10.3 Å². The van der Waals surface area contributed by atoms with Gasteiger partial charge in [-0.15, -0.1) is 0 Å². The van der Waals surface area contributed by atoms with Crippen LogP contribution < -0.4 is 15.8 Å². The van der Waals surface area contributed by atoms with Gasteiger partial charge in [-0.2, -0.15) is 4.39 Å². The molecule has 2 aromatic rings. The second-order valence-corrected chi connectivity index (χ2v) is 7.81. The summed E-state index contributed by atoms with van der Waals surface area (Å²) in [6.07, 6.45) is 1.13. The average molecular weight is 449 g/mol. The van der Waals surface area contributed by atoms with E-state index in [1.54, 1.807) is 7.11 Å². The molecule has 1 aromatic carbocycles. The maximum Gasteiger partial charge on any atom is 0.267 e. The summed E-state index contributed by atoms with van der Waals surface area (Å²) in [5, 5.41) is 2.68. The highest BCUT2D eigenvalue weighted by Crippen LogP contribution is 2.46. The van der Waals surface area contributed by atoms with Gasteiger partial charge < -0.3 is 25.3 Å². The number of nitrogens with one attached hydrogen (secondary N) is 1. The number of carbonyl (C=O) groups is 2. The molecule has 10 heteroatoms. The Kier molecular flexibility index (Phi) is 7.05. The van der Waals surface area contributed by atoms with Crippen LogP contribution in [0.3, 0.4) is 0 Å². The number of amides is 2. The topological polar surface area (TPSA) is 113 Å². The number of carbonyl (C=O) groups excluding carboxylic acids is 2. The molecule has 1 aliphatic rings. The lowest BCUT2D eigenvalue weighted by atomic mass is 9.85. The minimum Gasteiger partial charge on any atom is -0.493 e. The van der Waals surface area contributed by atoms with Crippen molar-refractivity contribution in [2.45, 2.75) is 37.4 Å². The molecule has 0 unspecified atom stereocenters. The first-order chi connectivity index (χ1) is 15.2. The van der Waals surface area contributed by atoms with E-state index >= 15 is 0 Å². The van der Waals surface area contributed by atoms with E-state index in [1.165, 1.54) is 31.5 Å². The zero-order chi connectivity index (χ0) is 23.5. The Hall–Kier alpha value is -3.11. The van der Waals surface area contributed by atoms with Gasteiger partial charge in [0.1, 0.15) is 11.8 Å². The number of hydrogen-bond donors (Lipinski definition) is 2. The van der Waals surface area contributed by atoms with Crippen LogP contribution in [0.1, 0.15) is 41.7 Å². The number of aromatic nitrogens is 1. The Morgan fingerprint density at radius 1 is 1.31 bits per heavy atom. The number of hydrogen-bond acceptors (Lipinski definition) is 6. The Balaban J connectivity index is 1.95. The zero-order valence-electron chi connectivity index (χ0n) is 18.0. The van der Waals surface area contributed by atoms with Crippen molar-refractivity contribution in [2.24, 2.45) is 5.73 Å². The number of anilines is 1. The minimum absolute atomic E-state index is 0.0149. The molecule has 0 aliphatic carbocycles. The van der Waals surface area contributed by atoms with Crippen LogP contribution in [0.15, 0.2) is 30.5 Å². The van der Waals surface area contributed by atoms with Crippen molar-refractivity contribution >= 4 is 17.5 Å². The smallest absolute Gasteiger partial charge is 0.267 e. The van der Waals surface area contributed by atoms with Gasteiger partial charge in [0.2, 0.25) is 5.82 Å². The summed E-state index contributed by atoms with van der Waals surface area (Å²) in [6, 6.07) is 5.23. The summed E-state index contributed by atoms with van der Waals surface area (Å²) in [5.41, 5.74) is 5.09. The molecule has 8 nitrogen and oxygen atoms in total. The number of pyridine rings is 1. The van der Waals surface area contributed by atoms with E-state index in [4.69, 9.17) is 19.9 Å². The van der Waals surface area contributed by atoms with E-state index in [9.17, 15) is 18.4 Å². The third-order valence-corrected chi connectivity index (χ3v) is 5.49. The molecule has 3 atom stereocenters. The van der Waals surface area contributed by atoms with Crippen molar-refractivity contribution in [3.63, 3.8) is 0 Å².